The van der Waals surface area contributed by atoms with E-state index in [-0.39, 0.29) is 11.7 Å². The molecule has 0 amide bonds. The van der Waals surface area contributed by atoms with E-state index in [1.54, 1.807) is 0 Å². The second-order valence-electron chi connectivity index (χ2n) is 4.58. The zero-order valence-corrected chi connectivity index (χ0v) is 10.6. The van der Waals surface area contributed by atoms with E-state index >= 15 is 0 Å². The Balaban J connectivity index is 2.44. The quantitative estimate of drug-likeness (QED) is 0.809. The van der Waals surface area contributed by atoms with Gasteiger partial charge in [0.1, 0.15) is 5.78 Å². The summed E-state index contributed by atoms with van der Waals surface area (Å²) in [7, 11) is 0. The summed E-state index contributed by atoms with van der Waals surface area (Å²) in [6, 6.07) is 8.09. The third kappa shape index (κ3) is 2.23. The normalized spacial score (nSPS) is 11.3. The van der Waals surface area contributed by atoms with Gasteiger partial charge in [0.05, 0.1) is 17.6 Å². The SMILES string of the molecule is CCn1nc(CC(=O)C(C)C)c2ccccc21. The Morgan fingerprint density at radius 3 is 2.71 bits per heavy atom. The molecular weight excluding hydrogens is 212 g/mol. The number of carbonyl (C=O) groups excluding carboxylic acids is 1. The third-order valence-electron chi connectivity index (χ3n) is 3.02. The maximum Gasteiger partial charge on any atom is 0.141 e. The van der Waals surface area contributed by atoms with Gasteiger partial charge in [-0.2, -0.15) is 5.10 Å². The van der Waals surface area contributed by atoms with Crippen molar-refractivity contribution in [2.45, 2.75) is 33.7 Å². The van der Waals surface area contributed by atoms with Gasteiger partial charge in [0, 0.05) is 17.8 Å². The van der Waals surface area contributed by atoms with Crippen molar-refractivity contribution in [3.63, 3.8) is 0 Å². The van der Waals surface area contributed by atoms with Crippen LogP contribution < -0.4 is 0 Å². The summed E-state index contributed by atoms with van der Waals surface area (Å²) in [5.41, 5.74) is 2.02. The molecule has 3 heteroatoms. The Bertz CT molecular complexity index is 540. The highest BCUT2D eigenvalue weighted by atomic mass is 16.1. The molecule has 0 aliphatic heterocycles. The molecule has 3 nitrogen and oxygen atoms in total. The zero-order chi connectivity index (χ0) is 12.4. The molecule has 0 unspecified atom stereocenters. The molecule has 0 radical (unpaired) electrons. The van der Waals surface area contributed by atoms with E-state index in [2.05, 4.69) is 18.1 Å². The summed E-state index contributed by atoms with van der Waals surface area (Å²) in [6.07, 6.45) is 0.436. The minimum absolute atomic E-state index is 0.0699. The average Bonchev–Trinajstić information content (AvgIpc) is 2.68. The number of ketones is 1. The average molecular weight is 230 g/mol. The van der Waals surface area contributed by atoms with Gasteiger partial charge in [0.15, 0.2) is 0 Å². The highest BCUT2D eigenvalue weighted by Crippen LogP contribution is 2.19. The van der Waals surface area contributed by atoms with Crippen molar-refractivity contribution >= 4 is 16.7 Å². The van der Waals surface area contributed by atoms with Crippen molar-refractivity contribution in [1.29, 1.82) is 0 Å². The molecule has 2 rings (SSSR count). The number of aryl methyl sites for hydroxylation is 1. The second kappa shape index (κ2) is 4.70. The molecule has 1 aromatic heterocycles. The lowest BCUT2D eigenvalue weighted by molar-refractivity contribution is -0.121. The molecular formula is C14H18N2O. The van der Waals surface area contributed by atoms with Gasteiger partial charge >= 0.3 is 0 Å². The fraction of sp³-hybridized carbons (Fsp3) is 0.429. The Morgan fingerprint density at radius 1 is 1.35 bits per heavy atom. The van der Waals surface area contributed by atoms with Crippen LogP contribution in [0.5, 0.6) is 0 Å². The van der Waals surface area contributed by atoms with Crippen LogP contribution in [0.3, 0.4) is 0 Å². The molecule has 0 bridgehead atoms. The lowest BCUT2D eigenvalue weighted by atomic mass is 10.0. The fourth-order valence-corrected chi connectivity index (χ4v) is 1.94. The van der Waals surface area contributed by atoms with Crippen LogP contribution in [0, 0.1) is 5.92 Å². The number of hydrogen-bond donors (Lipinski definition) is 0. The van der Waals surface area contributed by atoms with E-state index in [0.29, 0.717) is 6.42 Å². The summed E-state index contributed by atoms with van der Waals surface area (Å²) < 4.78 is 1.96. The van der Waals surface area contributed by atoms with Gasteiger partial charge in [-0.15, -0.1) is 0 Å². The molecule has 90 valence electrons. The molecule has 0 saturated carbocycles. The van der Waals surface area contributed by atoms with Crippen LogP contribution in [0.4, 0.5) is 0 Å². The lowest BCUT2D eigenvalue weighted by Crippen LogP contribution is -2.11. The van der Waals surface area contributed by atoms with Crippen LogP contribution in [-0.4, -0.2) is 15.6 Å². The van der Waals surface area contributed by atoms with Crippen molar-refractivity contribution in [1.82, 2.24) is 9.78 Å². The van der Waals surface area contributed by atoms with Gasteiger partial charge in [-0.25, -0.2) is 0 Å². The first-order chi connectivity index (χ1) is 8.13. The molecule has 0 N–H and O–H groups in total. The summed E-state index contributed by atoms with van der Waals surface area (Å²) in [6.45, 7) is 6.76. The van der Waals surface area contributed by atoms with E-state index in [0.717, 1.165) is 23.1 Å². The Hall–Kier alpha value is -1.64. The molecule has 0 spiro atoms. The molecule has 0 aliphatic rings. The minimum Gasteiger partial charge on any atom is -0.299 e. The number of hydrogen-bond acceptors (Lipinski definition) is 2. The number of benzene rings is 1. The summed E-state index contributed by atoms with van der Waals surface area (Å²) in [5.74, 6) is 0.317. The number of para-hydroxylation sites is 1. The van der Waals surface area contributed by atoms with Gasteiger partial charge in [0.25, 0.3) is 0 Å². The van der Waals surface area contributed by atoms with Crippen LogP contribution in [0.2, 0.25) is 0 Å². The maximum absolute atomic E-state index is 11.8. The number of fused-ring (bicyclic) bond motifs is 1. The molecule has 0 saturated heterocycles. The standard InChI is InChI=1S/C14H18N2O/c1-4-16-13-8-6-5-7-11(13)12(15-16)9-14(17)10(2)3/h5-8,10H,4,9H2,1-3H3. The van der Waals surface area contributed by atoms with Gasteiger partial charge in [-0.1, -0.05) is 32.0 Å². The molecule has 1 aromatic carbocycles. The van der Waals surface area contributed by atoms with Crippen molar-refractivity contribution in [2.24, 2.45) is 5.92 Å². The number of Topliss-reactive ketones (excluding diaryl/α,β-unsaturated/α-hetero) is 1. The third-order valence-corrected chi connectivity index (χ3v) is 3.02. The Morgan fingerprint density at radius 2 is 2.06 bits per heavy atom. The highest BCUT2D eigenvalue weighted by Gasteiger charge is 2.14. The summed E-state index contributed by atoms with van der Waals surface area (Å²) in [5, 5.41) is 5.63. The summed E-state index contributed by atoms with van der Waals surface area (Å²) in [4.78, 5) is 11.8. The van der Waals surface area contributed by atoms with E-state index in [9.17, 15) is 4.79 Å². The number of nitrogens with zero attached hydrogens (tertiary/aromatic N) is 2. The Kier molecular flexibility index (Phi) is 3.27. The largest absolute Gasteiger partial charge is 0.299 e. The predicted molar refractivity (Wildman–Crippen MR) is 69.0 cm³/mol. The van der Waals surface area contributed by atoms with Crippen molar-refractivity contribution in [3.05, 3.63) is 30.0 Å². The minimum atomic E-state index is 0.0699. The fourth-order valence-electron chi connectivity index (χ4n) is 1.94. The summed E-state index contributed by atoms with van der Waals surface area (Å²) >= 11 is 0. The first-order valence-electron chi connectivity index (χ1n) is 6.10. The topological polar surface area (TPSA) is 34.9 Å². The molecule has 17 heavy (non-hydrogen) atoms. The van der Waals surface area contributed by atoms with Crippen molar-refractivity contribution in [2.75, 3.05) is 0 Å². The van der Waals surface area contributed by atoms with Crippen LogP contribution in [0.25, 0.3) is 10.9 Å². The predicted octanol–water partition coefficient (Wildman–Crippen LogP) is 2.82. The van der Waals surface area contributed by atoms with E-state index < -0.39 is 0 Å². The van der Waals surface area contributed by atoms with Gasteiger partial charge in [0.2, 0.25) is 0 Å². The lowest BCUT2D eigenvalue weighted by Gasteiger charge is -2.01. The number of rotatable bonds is 4. The smallest absolute Gasteiger partial charge is 0.141 e. The van der Waals surface area contributed by atoms with Gasteiger partial charge < -0.3 is 0 Å². The van der Waals surface area contributed by atoms with Crippen LogP contribution in [0.1, 0.15) is 26.5 Å². The van der Waals surface area contributed by atoms with Crippen molar-refractivity contribution < 1.29 is 4.79 Å². The molecule has 1 heterocycles. The van der Waals surface area contributed by atoms with Crippen molar-refractivity contribution in [3.8, 4) is 0 Å². The first kappa shape index (κ1) is 11.8. The van der Waals surface area contributed by atoms with Gasteiger partial charge in [-0.3, -0.25) is 9.48 Å². The zero-order valence-electron chi connectivity index (χ0n) is 10.6. The van der Waals surface area contributed by atoms with E-state index in [4.69, 9.17) is 0 Å². The second-order valence-corrected chi connectivity index (χ2v) is 4.58. The van der Waals surface area contributed by atoms with Crippen LogP contribution in [-0.2, 0) is 17.8 Å². The Labute approximate surface area is 101 Å². The highest BCUT2D eigenvalue weighted by molar-refractivity contribution is 5.89. The number of carbonyl (C=O) groups is 1. The molecule has 0 fully saturated rings. The molecule has 0 atom stereocenters. The van der Waals surface area contributed by atoms with E-state index in [1.165, 1.54) is 0 Å². The van der Waals surface area contributed by atoms with Crippen LogP contribution >= 0.6 is 0 Å². The van der Waals surface area contributed by atoms with Gasteiger partial charge in [-0.05, 0) is 13.0 Å². The number of aromatic nitrogens is 2. The van der Waals surface area contributed by atoms with E-state index in [1.807, 2.05) is 36.7 Å². The maximum atomic E-state index is 11.8. The van der Waals surface area contributed by atoms with Crippen LogP contribution in [0.15, 0.2) is 24.3 Å². The first-order valence-corrected chi connectivity index (χ1v) is 6.10. The molecule has 2 aromatic rings. The monoisotopic (exact) mass is 230 g/mol. The molecule has 0 aliphatic carbocycles.